The van der Waals surface area contributed by atoms with Gasteiger partial charge in [0.25, 0.3) is 0 Å². The molecule has 4 rings (SSSR count). The molecule has 0 amide bonds. The van der Waals surface area contributed by atoms with E-state index in [9.17, 15) is 17.6 Å². The van der Waals surface area contributed by atoms with Gasteiger partial charge in [-0.2, -0.15) is 17.6 Å². The van der Waals surface area contributed by atoms with E-state index in [0.29, 0.717) is 36.8 Å². The number of rotatable bonds is 6. The lowest BCUT2D eigenvalue weighted by Gasteiger charge is -2.41. The van der Waals surface area contributed by atoms with Gasteiger partial charge in [0.2, 0.25) is 0 Å². The normalized spacial score (nSPS) is 30.3. The van der Waals surface area contributed by atoms with E-state index in [1.165, 1.54) is 25.7 Å². The molecule has 1 aromatic carbocycles. The predicted molar refractivity (Wildman–Crippen MR) is 107 cm³/mol. The molecule has 32 heavy (non-hydrogen) atoms. The van der Waals surface area contributed by atoms with Crippen molar-refractivity contribution >= 4 is 0 Å². The minimum atomic E-state index is -4.50. The van der Waals surface area contributed by atoms with Crippen molar-refractivity contribution in [1.82, 2.24) is 0 Å². The predicted octanol–water partition coefficient (Wildman–Crippen LogP) is 8.15. The first-order chi connectivity index (χ1) is 15.0. The minimum Gasteiger partial charge on any atom is -0.395 e. The van der Waals surface area contributed by atoms with Crippen LogP contribution in [0.25, 0.3) is 0 Å². The highest BCUT2D eigenvalue weighted by atomic mass is 19.3. The zero-order valence-corrected chi connectivity index (χ0v) is 18.2. The highest BCUT2D eigenvalue weighted by molar-refractivity contribution is 5.46. The Morgan fingerprint density at radius 2 is 1.41 bits per heavy atom. The maximum absolute atomic E-state index is 15.0. The summed E-state index contributed by atoms with van der Waals surface area (Å²) in [4.78, 5) is 0. The molecule has 0 N–H and O–H groups in total. The van der Waals surface area contributed by atoms with Crippen LogP contribution in [0.3, 0.4) is 0 Å². The van der Waals surface area contributed by atoms with Crippen LogP contribution in [0.5, 0.6) is 11.5 Å². The van der Waals surface area contributed by atoms with E-state index in [-0.39, 0.29) is 12.8 Å². The number of hydrogen-bond donors (Lipinski definition) is 0. The lowest BCUT2D eigenvalue weighted by molar-refractivity contribution is -0.286. The number of halogens is 6. The maximum atomic E-state index is 15.0. The zero-order chi connectivity index (χ0) is 23.1. The van der Waals surface area contributed by atoms with Crippen molar-refractivity contribution in [3.8, 4) is 11.5 Å². The lowest BCUT2D eigenvalue weighted by atomic mass is 9.67. The van der Waals surface area contributed by atoms with Gasteiger partial charge in [0.05, 0.1) is 0 Å². The van der Waals surface area contributed by atoms with Gasteiger partial charge >= 0.3 is 18.1 Å². The summed E-state index contributed by atoms with van der Waals surface area (Å²) in [6.45, 7) is 2.18. The van der Waals surface area contributed by atoms with Gasteiger partial charge in [-0.05, 0) is 74.5 Å². The molecule has 1 aromatic rings. The monoisotopic (exact) mass is 464 g/mol. The Labute approximate surface area is 184 Å². The van der Waals surface area contributed by atoms with Crippen LogP contribution in [0.1, 0.15) is 76.7 Å². The largest absolute Gasteiger partial charge is 0.586 e. The minimum absolute atomic E-state index is 0.0464. The molecule has 0 radical (unpaired) electrons. The molecule has 1 aliphatic heterocycles. The fourth-order valence-corrected chi connectivity index (χ4v) is 5.90. The standard InChI is InChI=1S/C24H30F6O2/c1-2-3-15-4-6-16(7-5-15)17-8-10-18(11-9-17)22(25,26)23(27,28)19-12-13-20-21(14-19)32-24(29,30)31-20/h12-18H,2-11H2,1H3. The van der Waals surface area contributed by atoms with Crippen LogP contribution in [-0.2, 0) is 5.92 Å². The van der Waals surface area contributed by atoms with E-state index in [2.05, 4.69) is 16.4 Å². The Balaban J connectivity index is 1.39. The van der Waals surface area contributed by atoms with Crippen molar-refractivity contribution in [3.63, 3.8) is 0 Å². The van der Waals surface area contributed by atoms with Crippen molar-refractivity contribution in [3.05, 3.63) is 23.8 Å². The first-order valence-electron chi connectivity index (χ1n) is 11.7. The molecule has 0 saturated heterocycles. The Morgan fingerprint density at radius 3 is 2.00 bits per heavy atom. The summed E-state index contributed by atoms with van der Waals surface area (Å²) in [5, 5.41) is 0. The molecule has 2 saturated carbocycles. The van der Waals surface area contributed by atoms with Crippen molar-refractivity contribution in [1.29, 1.82) is 0 Å². The van der Waals surface area contributed by atoms with Gasteiger partial charge in [0.15, 0.2) is 11.5 Å². The molecule has 0 spiro atoms. The summed E-state index contributed by atoms with van der Waals surface area (Å²) in [5.74, 6) is -9.75. The maximum Gasteiger partial charge on any atom is 0.586 e. The zero-order valence-electron chi connectivity index (χ0n) is 18.2. The summed E-state index contributed by atoms with van der Waals surface area (Å²) in [6, 6.07) is 2.06. The summed E-state index contributed by atoms with van der Waals surface area (Å²) in [7, 11) is 0. The first-order valence-corrected chi connectivity index (χ1v) is 11.7. The quantitative estimate of drug-likeness (QED) is 0.396. The molecule has 1 heterocycles. The summed E-state index contributed by atoms with van der Waals surface area (Å²) >= 11 is 0. The van der Waals surface area contributed by atoms with Crippen molar-refractivity contribution in [2.75, 3.05) is 0 Å². The number of ether oxygens (including phenoxy) is 2. The van der Waals surface area contributed by atoms with E-state index in [1.54, 1.807) is 0 Å². The average molecular weight is 464 g/mol. The average Bonchev–Trinajstić information content (AvgIpc) is 3.07. The number of fused-ring (bicyclic) bond motifs is 1. The third-order valence-electron chi connectivity index (χ3n) is 7.72. The molecular formula is C24H30F6O2. The van der Waals surface area contributed by atoms with Crippen molar-refractivity contribution in [2.24, 2.45) is 23.7 Å². The van der Waals surface area contributed by atoms with Crippen LogP contribution in [0.2, 0.25) is 0 Å². The van der Waals surface area contributed by atoms with Crippen LogP contribution in [0, 0.1) is 23.7 Å². The molecule has 3 aliphatic rings. The molecular weight excluding hydrogens is 434 g/mol. The Kier molecular flexibility index (Phi) is 6.36. The summed E-state index contributed by atoms with van der Waals surface area (Å²) in [6.07, 6.45) is 4.14. The Bertz CT molecular complexity index is 796. The van der Waals surface area contributed by atoms with Gasteiger partial charge in [-0.3, -0.25) is 0 Å². The molecule has 2 fully saturated rings. The molecule has 2 nitrogen and oxygen atoms in total. The molecule has 0 bridgehead atoms. The van der Waals surface area contributed by atoms with Crippen LogP contribution >= 0.6 is 0 Å². The van der Waals surface area contributed by atoms with Gasteiger partial charge in [-0.25, -0.2) is 0 Å². The van der Waals surface area contributed by atoms with Gasteiger partial charge in [-0.15, -0.1) is 8.78 Å². The van der Waals surface area contributed by atoms with E-state index >= 15 is 8.78 Å². The fourth-order valence-electron chi connectivity index (χ4n) is 5.90. The SMILES string of the molecule is CCCC1CCC(C2CCC(C(F)(F)C(F)(F)c3ccc4c(c3)OC(F)(F)O4)CC2)CC1. The number of hydrogen-bond acceptors (Lipinski definition) is 2. The van der Waals surface area contributed by atoms with Gasteiger partial charge < -0.3 is 9.47 Å². The molecule has 0 atom stereocenters. The van der Waals surface area contributed by atoms with Gasteiger partial charge in [0, 0.05) is 11.5 Å². The second kappa shape index (κ2) is 8.64. The Hall–Kier alpha value is -1.60. The number of alkyl halides is 6. The number of benzene rings is 1. The van der Waals surface area contributed by atoms with Crippen LogP contribution < -0.4 is 9.47 Å². The lowest BCUT2D eigenvalue weighted by Crippen LogP contribution is -2.46. The fraction of sp³-hybridized carbons (Fsp3) is 0.750. The van der Waals surface area contributed by atoms with Gasteiger partial charge in [0.1, 0.15) is 0 Å². The van der Waals surface area contributed by atoms with Crippen LogP contribution in [-0.4, -0.2) is 12.2 Å². The highest BCUT2D eigenvalue weighted by Gasteiger charge is 2.62. The van der Waals surface area contributed by atoms with E-state index in [4.69, 9.17) is 0 Å². The van der Waals surface area contributed by atoms with Crippen LogP contribution in [0.15, 0.2) is 18.2 Å². The molecule has 180 valence electrons. The second-order valence-electron chi connectivity index (χ2n) is 9.71. The van der Waals surface area contributed by atoms with Crippen molar-refractivity contribution < 1.29 is 35.8 Å². The van der Waals surface area contributed by atoms with Gasteiger partial charge in [-0.1, -0.05) is 32.6 Å². The molecule has 8 heteroatoms. The molecule has 2 aliphatic carbocycles. The Morgan fingerprint density at radius 1 is 0.844 bits per heavy atom. The molecule has 0 aromatic heterocycles. The third kappa shape index (κ3) is 4.43. The highest BCUT2D eigenvalue weighted by Crippen LogP contribution is 2.54. The first kappa shape index (κ1) is 23.6. The smallest absolute Gasteiger partial charge is 0.395 e. The topological polar surface area (TPSA) is 18.5 Å². The van der Waals surface area contributed by atoms with Crippen molar-refractivity contribution in [2.45, 2.75) is 89.3 Å². The summed E-state index contributed by atoms with van der Waals surface area (Å²) in [5.41, 5.74) is -1.04. The van der Waals surface area contributed by atoms with E-state index < -0.39 is 41.1 Å². The van der Waals surface area contributed by atoms with E-state index in [0.717, 1.165) is 24.8 Å². The van der Waals surface area contributed by atoms with E-state index in [1.807, 2.05) is 0 Å². The van der Waals surface area contributed by atoms with Crippen LogP contribution in [0.4, 0.5) is 26.3 Å². The second-order valence-corrected chi connectivity index (χ2v) is 9.71. The summed E-state index contributed by atoms with van der Waals surface area (Å²) < 4.78 is 94.5. The third-order valence-corrected chi connectivity index (χ3v) is 7.72. The molecule has 0 unspecified atom stereocenters.